The quantitative estimate of drug-likeness (QED) is 0.463. The third kappa shape index (κ3) is 2.32. The van der Waals surface area contributed by atoms with Gasteiger partial charge in [-0.15, -0.1) is 0 Å². The zero-order chi connectivity index (χ0) is 13.1. The lowest BCUT2D eigenvalue weighted by atomic mass is 10.1. The van der Waals surface area contributed by atoms with Crippen LogP contribution in [0.25, 0.3) is 11.0 Å². The summed E-state index contributed by atoms with van der Waals surface area (Å²) in [6.07, 6.45) is 4.38. The van der Waals surface area contributed by atoms with Gasteiger partial charge in [0.15, 0.2) is 0 Å². The molecule has 0 saturated heterocycles. The van der Waals surface area contributed by atoms with Crippen LogP contribution in [-0.2, 0) is 6.42 Å². The van der Waals surface area contributed by atoms with Crippen molar-refractivity contribution in [1.82, 2.24) is 0 Å². The van der Waals surface area contributed by atoms with E-state index in [0.717, 1.165) is 16.7 Å². The Morgan fingerprint density at radius 2 is 2.28 bits per heavy atom. The zero-order valence-corrected chi connectivity index (χ0v) is 10.1. The summed E-state index contributed by atoms with van der Waals surface area (Å²) in [5.41, 5.74) is 1.64. The highest BCUT2D eigenvalue weighted by Crippen LogP contribution is 2.25. The molecular formula is C14H13NO3. The molecule has 0 N–H and O–H groups in total. The number of fused-ring (bicyclic) bond motifs is 1. The van der Waals surface area contributed by atoms with Crippen LogP contribution in [0.15, 0.2) is 53.0 Å². The van der Waals surface area contributed by atoms with Crippen LogP contribution in [0, 0.1) is 10.1 Å². The van der Waals surface area contributed by atoms with Gasteiger partial charge in [0, 0.05) is 17.9 Å². The summed E-state index contributed by atoms with van der Waals surface area (Å²) >= 11 is 0. The third-order valence-electron chi connectivity index (χ3n) is 2.78. The monoisotopic (exact) mass is 243 g/mol. The first kappa shape index (κ1) is 12.1. The number of nitro benzene ring substituents is 1. The van der Waals surface area contributed by atoms with Crippen LogP contribution in [0.2, 0.25) is 0 Å². The van der Waals surface area contributed by atoms with Crippen LogP contribution < -0.4 is 0 Å². The topological polar surface area (TPSA) is 56.3 Å². The SMILES string of the molecule is C=C/C(=C\C)Cc1cc2ccc([N+](=O)[O-])cc2o1. The highest BCUT2D eigenvalue weighted by molar-refractivity contribution is 5.80. The molecule has 0 aliphatic carbocycles. The minimum absolute atomic E-state index is 0.0402. The number of nitrogens with zero attached hydrogens (tertiary/aromatic N) is 1. The molecule has 0 bridgehead atoms. The van der Waals surface area contributed by atoms with Gasteiger partial charge >= 0.3 is 0 Å². The molecule has 0 spiro atoms. The Hall–Kier alpha value is -2.36. The first-order chi connectivity index (χ1) is 8.63. The lowest BCUT2D eigenvalue weighted by molar-refractivity contribution is -0.384. The Morgan fingerprint density at radius 3 is 2.89 bits per heavy atom. The van der Waals surface area contributed by atoms with E-state index in [1.54, 1.807) is 12.1 Å². The van der Waals surface area contributed by atoms with E-state index < -0.39 is 4.92 Å². The van der Waals surface area contributed by atoms with Gasteiger partial charge in [0.25, 0.3) is 5.69 Å². The minimum Gasteiger partial charge on any atom is -0.460 e. The second-order valence-corrected chi connectivity index (χ2v) is 3.94. The Bertz CT molecular complexity index is 638. The molecule has 2 rings (SSSR count). The van der Waals surface area contributed by atoms with Gasteiger partial charge in [-0.05, 0) is 24.6 Å². The van der Waals surface area contributed by atoms with Crippen LogP contribution >= 0.6 is 0 Å². The average molecular weight is 243 g/mol. The molecule has 0 fully saturated rings. The molecule has 0 saturated carbocycles. The van der Waals surface area contributed by atoms with E-state index in [0.29, 0.717) is 12.0 Å². The molecule has 92 valence electrons. The van der Waals surface area contributed by atoms with Crippen molar-refractivity contribution in [3.8, 4) is 0 Å². The molecule has 0 aliphatic heterocycles. The maximum atomic E-state index is 10.7. The van der Waals surface area contributed by atoms with Crippen LogP contribution in [0.4, 0.5) is 5.69 Å². The van der Waals surface area contributed by atoms with E-state index in [1.807, 2.05) is 19.1 Å². The van der Waals surface area contributed by atoms with Crippen molar-refractivity contribution in [2.75, 3.05) is 0 Å². The van der Waals surface area contributed by atoms with Crippen LogP contribution in [0.1, 0.15) is 12.7 Å². The summed E-state index contributed by atoms with van der Waals surface area (Å²) in [5.74, 6) is 0.776. The fraction of sp³-hybridized carbons (Fsp3) is 0.143. The number of rotatable bonds is 4. The molecule has 4 nitrogen and oxygen atoms in total. The second kappa shape index (κ2) is 4.87. The number of nitro groups is 1. The van der Waals surface area contributed by atoms with Crippen molar-refractivity contribution in [2.24, 2.45) is 0 Å². The normalized spacial score (nSPS) is 11.7. The number of hydrogen-bond acceptors (Lipinski definition) is 3. The Kier molecular flexibility index (Phi) is 3.28. The molecule has 4 heteroatoms. The molecule has 0 aliphatic rings. The molecule has 0 unspecified atom stereocenters. The van der Waals surface area contributed by atoms with Crippen LogP contribution in [0.3, 0.4) is 0 Å². The second-order valence-electron chi connectivity index (χ2n) is 3.94. The molecule has 0 amide bonds. The summed E-state index contributed by atoms with van der Waals surface area (Å²) in [5, 5.41) is 11.5. The molecule has 2 aromatic rings. The van der Waals surface area contributed by atoms with E-state index in [1.165, 1.54) is 12.1 Å². The first-order valence-corrected chi connectivity index (χ1v) is 5.58. The van der Waals surface area contributed by atoms with Gasteiger partial charge in [-0.25, -0.2) is 0 Å². The predicted octanol–water partition coefficient (Wildman–Crippen LogP) is 4.02. The maximum absolute atomic E-state index is 10.7. The molecule has 0 atom stereocenters. The third-order valence-corrected chi connectivity index (χ3v) is 2.78. The van der Waals surface area contributed by atoms with Gasteiger partial charge in [-0.1, -0.05) is 18.7 Å². The Balaban J connectivity index is 2.38. The number of non-ortho nitro benzene ring substituents is 1. The lowest BCUT2D eigenvalue weighted by Gasteiger charge is -1.96. The molecule has 1 aromatic carbocycles. The number of benzene rings is 1. The lowest BCUT2D eigenvalue weighted by Crippen LogP contribution is -1.85. The van der Waals surface area contributed by atoms with Crippen molar-refractivity contribution in [3.63, 3.8) is 0 Å². The first-order valence-electron chi connectivity index (χ1n) is 5.58. The number of allylic oxidation sites excluding steroid dienone is 3. The molecule has 18 heavy (non-hydrogen) atoms. The fourth-order valence-corrected chi connectivity index (χ4v) is 1.77. The van der Waals surface area contributed by atoms with Gasteiger partial charge in [-0.3, -0.25) is 10.1 Å². The fourth-order valence-electron chi connectivity index (χ4n) is 1.77. The standard InChI is InChI=1S/C14H13NO3/c1-3-10(4-2)7-13-8-11-5-6-12(15(16)17)9-14(11)18-13/h3-6,8-9H,1,7H2,2H3/b10-4+. The van der Waals surface area contributed by atoms with E-state index in [-0.39, 0.29) is 5.69 Å². The highest BCUT2D eigenvalue weighted by Gasteiger charge is 2.10. The van der Waals surface area contributed by atoms with Gasteiger partial charge in [-0.2, -0.15) is 0 Å². The van der Waals surface area contributed by atoms with Crippen LogP contribution in [0.5, 0.6) is 0 Å². The van der Waals surface area contributed by atoms with E-state index >= 15 is 0 Å². The molecular weight excluding hydrogens is 230 g/mol. The average Bonchev–Trinajstić information content (AvgIpc) is 2.76. The smallest absolute Gasteiger partial charge is 0.273 e. The van der Waals surface area contributed by atoms with Crippen molar-refractivity contribution < 1.29 is 9.34 Å². The minimum atomic E-state index is -0.428. The maximum Gasteiger partial charge on any atom is 0.273 e. The van der Waals surface area contributed by atoms with Crippen molar-refractivity contribution in [1.29, 1.82) is 0 Å². The summed E-state index contributed by atoms with van der Waals surface area (Å²) in [6.45, 7) is 5.66. The largest absolute Gasteiger partial charge is 0.460 e. The summed E-state index contributed by atoms with van der Waals surface area (Å²) in [4.78, 5) is 10.2. The van der Waals surface area contributed by atoms with E-state index in [9.17, 15) is 10.1 Å². The summed E-state index contributed by atoms with van der Waals surface area (Å²) < 4.78 is 5.60. The van der Waals surface area contributed by atoms with Gasteiger partial charge < -0.3 is 4.42 Å². The number of hydrogen-bond donors (Lipinski definition) is 0. The molecule has 1 aromatic heterocycles. The van der Waals surface area contributed by atoms with Crippen LogP contribution in [-0.4, -0.2) is 4.92 Å². The Labute approximate surface area is 104 Å². The van der Waals surface area contributed by atoms with Crippen molar-refractivity contribution in [2.45, 2.75) is 13.3 Å². The molecule has 0 radical (unpaired) electrons. The van der Waals surface area contributed by atoms with Gasteiger partial charge in [0.05, 0.1) is 11.0 Å². The zero-order valence-electron chi connectivity index (χ0n) is 10.1. The van der Waals surface area contributed by atoms with Crippen molar-refractivity contribution in [3.05, 3.63) is 64.4 Å². The summed E-state index contributed by atoms with van der Waals surface area (Å²) in [7, 11) is 0. The van der Waals surface area contributed by atoms with Gasteiger partial charge in [0.2, 0.25) is 0 Å². The van der Waals surface area contributed by atoms with E-state index in [2.05, 4.69) is 6.58 Å². The van der Waals surface area contributed by atoms with E-state index in [4.69, 9.17) is 4.42 Å². The predicted molar refractivity (Wildman–Crippen MR) is 70.5 cm³/mol. The molecule has 1 heterocycles. The summed E-state index contributed by atoms with van der Waals surface area (Å²) in [6, 6.07) is 6.52. The van der Waals surface area contributed by atoms with Crippen molar-refractivity contribution >= 4 is 16.7 Å². The number of furan rings is 1. The van der Waals surface area contributed by atoms with Gasteiger partial charge in [0.1, 0.15) is 11.3 Å². The Morgan fingerprint density at radius 1 is 1.50 bits per heavy atom. The highest BCUT2D eigenvalue weighted by atomic mass is 16.6.